The Morgan fingerprint density at radius 2 is 1.79 bits per heavy atom. The van der Waals surface area contributed by atoms with Crippen LogP contribution < -0.4 is 0 Å². The molecule has 0 atom stereocenters. The first-order valence-corrected chi connectivity index (χ1v) is 5.29. The molecular weight excluding hydrogens is 265 g/mol. The number of alkyl halides is 3. The van der Waals surface area contributed by atoms with Gasteiger partial charge in [0.15, 0.2) is 5.82 Å². The fourth-order valence-electron chi connectivity index (χ4n) is 1.60. The van der Waals surface area contributed by atoms with Gasteiger partial charge in [-0.05, 0) is 19.1 Å². The lowest BCUT2D eigenvalue weighted by atomic mass is 10.1. The van der Waals surface area contributed by atoms with Crippen molar-refractivity contribution < 1.29 is 22.0 Å². The van der Waals surface area contributed by atoms with Gasteiger partial charge in [-0.3, -0.25) is 4.98 Å². The minimum Gasteiger partial charge on any atom is -0.250 e. The fraction of sp³-hybridized carbons (Fsp3) is 0.154. The predicted molar refractivity (Wildman–Crippen MR) is 59.3 cm³/mol. The van der Waals surface area contributed by atoms with E-state index in [1.807, 2.05) is 0 Å². The largest absolute Gasteiger partial charge is 0.416 e. The maximum Gasteiger partial charge on any atom is 0.416 e. The lowest BCUT2D eigenvalue weighted by Gasteiger charge is -2.10. The highest BCUT2D eigenvalue weighted by Gasteiger charge is 2.30. The van der Waals surface area contributed by atoms with Crippen LogP contribution in [0.25, 0.3) is 11.3 Å². The lowest BCUT2D eigenvalue weighted by molar-refractivity contribution is -0.137. The highest BCUT2D eigenvalue weighted by atomic mass is 19.4. The van der Waals surface area contributed by atoms with E-state index in [9.17, 15) is 22.0 Å². The van der Waals surface area contributed by atoms with E-state index in [0.29, 0.717) is 0 Å². The first-order valence-electron chi connectivity index (χ1n) is 5.29. The number of hydrogen-bond donors (Lipinski definition) is 0. The Balaban J connectivity index is 2.57. The number of aromatic nitrogens is 1. The first-order chi connectivity index (χ1) is 8.80. The minimum atomic E-state index is -4.53. The fourth-order valence-corrected chi connectivity index (χ4v) is 1.60. The van der Waals surface area contributed by atoms with Gasteiger partial charge in [-0.25, -0.2) is 8.78 Å². The number of hydrogen-bond acceptors (Lipinski definition) is 1. The van der Waals surface area contributed by atoms with Crippen LogP contribution in [0.2, 0.25) is 0 Å². The average molecular weight is 273 g/mol. The molecule has 2 rings (SSSR count). The summed E-state index contributed by atoms with van der Waals surface area (Å²) < 4.78 is 64.5. The summed E-state index contributed by atoms with van der Waals surface area (Å²) in [5.41, 5.74) is -1.53. The van der Waals surface area contributed by atoms with Crippen molar-refractivity contribution in [3.8, 4) is 11.3 Å². The zero-order chi connectivity index (χ0) is 14.2. The molecule has 0 saturated carbocycles. The van der Waals surface area contributed by atoms with Gasteiger partial charge in [-0.2, -0.15) is 13.2 Å². The van der Waals surface area contributed by atoms with Crippen molar-refractivity contribution in [3.05, 3.63) is 53.2 Å². The molecule has 6 heteroatoms. The third kappa shape index (κ3) is 2.57. The zero-order valence-electron chi connectivity index (χ0n) is 9.72. The van der Waals surface area contributed by atoms with Gasteiger partial charge in [0.2, 0.25) is 0 Å². The van der Waals surface area contributed by atoms with Gasteiger partial charge in [0.25, 0.3) is 0 Å². The Morgan fingerprint density at radius 1 is 1.11 bits per heavy atom. The van der Waals surface area contributed by atoms with E-state index in [-0.39, 0.29) is 16.8 Å². The van der Waals surface area contributed by atoms with Crippen LogP contribution in [0.15, 0.2) is 30.5 Å². The van der Waals surface area contributed by atoms with E-state index in [1.165, 1.54) is 13.0 Å². The van der Waals surface area contributed by atoms with Gasteiger partial charge in [0.1, 0.15) is 11.5 Å². The third-order valence-electron chi connectivity index (χ3n) is 2.67. The average Bonchev–Trinajstić information content (AvgIpc) is 2.35. The topological polar surface area (TPSA) is 12.9 Å². The molecule has 0 amide bonds. The van der Waals surface area contributed by atoms with Crippen LogP contribution in [0.5, 0.6) is 0 Å². The van der Waals surface area contributed by atoms with Gasteiger partial charge in [0, 0.05) is 11.1 Å². The van der Waals surface area contributed by atoms with Crippen LogP contribution in [-0.4, -0.2) is 4.98 Å². The maximum atomic E-state index is 13.8. The summed E-state index contributed by atoms with van der Waals surface area (Å²) in [6.45, 7) is 1.20. The van der Waals surface area contributed by atoms with Crippen molar-refractivity contribution in [1.82, 2.24) is 4.98 Å². The maximum absolute atomic E-state index is 13.8. The van der Waals surface area contributed by atoms with Crippen LogP contribution in [0, 0.1) is 18.6 Å². The summed E-state index contributed by atoms with van der Waals surface area (Å²) in [4.78, 5) is 3.51. The van der Waals surface area contributed by atoms with Crippen molar-refractivity contribution in [1.29, 1.82) is 0 Å². The minimum absolute atomic E-state index is 0.0459. The van der Waals surface area contributed by atoms with E-state index in [0.717, 1.165) is 24.4 Å². The molecular formula is C13H8F5N. The van der Waals surface area contributed by atoms with E-state index in [2.05, 4.69) is 4.98 Å². The Kier molecular flexibility index (Phi) is 3.26. The predicted octanol–water partition coefficient (Wildman–Crippen LogP) is 4.35. The normalized spacial score (nSPS) is 11.7. The van der Waals surface area contributed by atoms with Gasteiger partial charge in [-0.1, -0.05) is 12.1 Å². The molecule has 0 aliphatic heterocycles. The Labute approximate surface area is 105 Å². The van der Waals surface area contributed by atoms with E-state index < -0.39 is 23.4 Å². The van der Waals surface area contributed by atoms with Gasteiger partial charge >= 0.3 is 6.18 Å². The molecule has 0 unspecified atom stereocenters. The van der Waals surface area contributed by atoms with Crippen molar-refractivity contribution in [2.24, 2.45) is 0 Å². The molecule has 0 N–H and O–H groups in total. The number of pyridine rings is 1. The highest BCUT2D eigenvalue weighted by Crippen LogP contribution is 2.32. The molecule has 2 aromatic rings. The van der Waals surface area contributed by atoms with Crippen LogP contribution in [0.3, 0.4) is 0 Å². The Morgan fingerprint density at radius 3 is 2.42 bits per heavy atom. The second-order valence-electron chi connectivity index (χ2n) is 3.97. The monoisotopic (exact) mass is 273 g/mol. The standard InChI is InChI=1S/C13H8F5N/c1-7-10(14)6-19-12(11(7)15)8-3-2-4-9(5-8)13(16,17)18/h2-6H,1H3. The van der Waals surface area contributed by atoms with Gasteiger partial charge in [-0.15, -0.1) is 0 Å². The van der Waals surface area contributed by atoms with Crippen molar-refractivity contribution in [2.45, 2.75) is 13.1 Å². The number of benzene rings is 1. The molecule has 19 heavy (non-hydrogen) atoms. The molecule has 1 nitrogen and oxygen atoms in total. The molecule has 0 spiro atoms. The quantitative estimate of drug-likeness (QED) is 0.704. The molecule has 1 aromatic heterocycles. The van der Waals surface area contributed by atoms with E-state index in [4.69, 9.17) is 0 Å². The van der Waals surface area contributed by atoms with Crippen LogP contribution in [0.4, 0.5) is 22.0 Å². The Bertz CT molecular complexity index is 619. The molecule has 0 bridgehead atoms. The van der Waals surface area contributed by atoms with Crippen LogP contribution in [-0.2, 0) is 6.18 Å². The molecule has 0 fully saturated rings. The number of nitrogens with zero attached hydrogens (tertiary/aromatic N) is 1. The van der Waals surface area contributed by atoms with Crippen molar-refractivity contribution >= 4 is 0 Å². The molecule has 0 saturated heterocycles. The first kappa shape index (κ1) is 13.5. The second kappa shape index (κ2) is 4.60. The lowest BCUT2D eigenvalue weighted by Crippen LogP contribution is -2.05. The summed E-state index contributed by atoms with van der Waals surface area (Å²) in [7, 11) is 0. The third-order valence-corrected chi connectivity index (χ3v) is 2.67. The molecule has 1 aromatic carbocycles. The molecule has 100 valence electrons. The van der Waals surface area contributed by atoms with Gasteiger partial charge < -0.3 is 0 Å². The van der Waals surface area contributed by atoms with Crippen LogP contribution >= 0.6 is 0 Å². The van der Waals surface area contributed by atoms with Crippen molar-refractivity contribution in [2.75, 3.05) is 0 Å². The SMILES string of the molecule is Cc1c(F)cnc(-c2cccc(C(F)(F)F)c2)c1F. The van der Waals surface area contributed by atoms with Crippen LogP contribution in [0.1, 0.15) is 11.1 Å². The summed E-state index contributed by atoms with van der Waals surface area (Å²) in [6.07, 6.45) is -3.74. The summed E-state index contributed by atoms with van der Waals surface area (Å²) >= 11 is 0. The van der Waals surface area contributed by atoms with Crippen molar-refractivity contribution in [3.63, 3.8) is 0 Å². The molecule has 0 aliphatic rings. The number of halogens is 5. The summed E-state index contributed by atoms with van der Waals surface area (Å²) in [5.74, 6) is -1.80. The summed E-state index contributed by atoms with van der Waals surface area (Å²) in [5, 5.41) is 0. The molecule has 0 aliphatic carbocycles. The molecule has 0 radical (unpaired) electrons. The van der Waals surface area contributed by atoms with E-state index >= 15 is 0 Å². The van der Waals surface area contributed by atoms with E-state index in [1.54, 1.807) is 0 Å². The highest BCUT2D eigenvalue weighted by molar-refractivity contribution is 5.61. The summed E-state index contributed by atoms with van der Waals surface area (Å²) in [6, 6.07) is 4.09. The zero-order valence-corrected chi connectivity index (χ0v) is 9.72. The number of rotatable bonds is 1. The second-order valence-corrected chi connectivity index (χ2v) is 3.97. The Hall–Kier alpha value is -1.98. The van der Waals surface area contributed by atoms with Gasteiger partial charge in [0.05, 0.1) is 11.8 Å². The smallest absolute Gasteiger partial charge is 0.250 e. The molecule has 1 heterocycles.